The molecule has 0 aliphatic carbocycles. The molecule has 0 spiro atoms. The number of aromatic nitrogens is 2. The van der Waals surface area contributed by atoms with Crippen LogP contribution in [0.15, 0.2) is 24.5 Å². The molecule has 0 saturated carbocycles. The zero-order chi connectivity index (χ0) is 16.6. The molecule has 3 rings (SSSR count). The Morgan fingerprint density at radius 3 is 2.83 bits per heavy atom. The largest absolute Gasteiger partial charge is 0.458 e. The molecule has 122 valence electrons. The van der Waals surface area contributed by atoms with Crippen molar-refractivity contribution in [2.45, 2.75) is 52.2 Å². The maximum absolute atomic E-state index is 12.5. The zero-order valence-electron chi connectivity index (χ0n) is 14.2. The third-order valence-corrected chi connectivity index (χ3v) is 3.97. The normalized spacial score (nSPS) is 18.4. The van der Waals surface area contributed by atoms with E-state index in [0.717, 1.165) is 41.7 Å². The summed E-state index contributed by atoms with van der Waals surface area (Å²) >= 11 is 0. The summed E-state index contributed by atoms with van der Waals surface area (Å²) in [5.74, 6) is 0.654. The molecule has 2 aromatic rings. The lowest BCUT2D eigenvalue weighted by Gasteiger charge is -2.28. The predicted octanol–water partition coefficient (Wildman–Crippen LogP) is 3.25. The van der Waals surface area contributed by atoms with Crippen LogP contribution in [-0.2, 0) is 9.53 Å². The quantitative estimate of drug-likeness (QED) is 0.797. The van der Waals surface area contributed by atoms with Crippen LogP contribution in [0.2, 0.25) is 0 Å². The Labute approximate surface area is 136 Å². The van der Waals surface area contributed by atoms with Gasteiger partial charge in [0.25, 0.3) is 0 Å². The molecule has 1 aliphatic rings. The monoisotopic (exact) mass is 313 g/mol. The second-order valence-electron chi connectivity index (χ2n) is 7.10. The van der Waals surface area contributed by atoms with Gasteiger partial charge in [-0.1, -0.05) is 11.6 Å². The number of carbonyl (C=O) groups excluding carboxylic acids is 1. The van der Waals surface area contributed by atoms with Crippen molar-refractivity contribution in [3.05, 3.63) is 30.1 Å². The van der Waals surface area contributed by atoms with E-state index in [-0.39, 0.29) is 12.0 Å². The number of aryl methyl sites for hydroxylation is 1. The van der Waals surface area contributed by atoms with Crippen molar-refractivity contribution < 1.29 is 9.53 Å². The number of fused-ring (bicyclic) bond motifs is 1. The minimum atomic E-state index is -0.477. The van der Waals surface area contributed by atoms with Gasteiger partial charge in [0.2, 0.25) is 0 Å². The van der Waals surface area contributed by atoms with Crippen molar-refractivity contribution in [1.82, 2.24) is 9.97 Å². The Morgan fingerprint density at radius 1 is 1.30 bits per heavy atom. The average molecular weight is 313 g/mol. The molecule has 1 aromatic heterocycles. The molecule has 0 N–H and O–H groups in total. The number of anilines is 1. The highest BCUT2D eigenvalue weighted by atomic mass is 16.6. The Hall–Kier alpha value is -2.17. The highest BCUT2D eigenvalue weighted by Gasteiger charge is 2.35. The first kappa shape index (κ1) is 15.7. The summed E-state index contributed by atoms with van der Waals surface area (Å²) in [5, 5.41) is 0.989. The van der Waals surface area contributed by atoms with Crippen molar-refractivity contribution in [3.63, 3.8) is 0 Å². The van der Waals surface area contributed by atoms with Crippen molar-refractivity contribution in [3.8, 4) is 0 Å². The maximum atomic E-state index is 12.5. The van der Waals surface area contributed by atoms with Gasteiger partial charge in [0, 0.05) is 11.9 Å². The molecule has 0 radical (unpaired) electrons. The number of carbonyl (C=O) groups is 1. The third-order valence-electron chi connectivity index (χ3n) is 3.97. The number of rotatable bonds is 2. The lowest BCUT2D eigenvalue weighted by atomic mass is 10.1. The van der Waals surface area contributed by atoms with Crippen LogP contribution in [0.5, 0.6) is 0 Å². The van der Waals surface area contributed by atoms with E-state index in [1.165, 1.54) is 0 Å². The van der Waals surface area contributed by atoms with Gasteiger partial charge >= 0.3 is 5.97 Å². The Kier molecular flexibility index (Phi) is 3.96. The summed E-state index contributed by atoms with van der Waals surface area (Å²) < 4.78 is 5.59. The molecule has 1 aliphatic heterocycles. The number of hydrogen-bond acceptors (Lipinski definition) is 5. The van der Waals surface area contributed by atoms with Crippen molar-refractivity contribution >= 4 is 22.7 Å². The van der Waals surface area contributed by atoms with Gasteiger partial charge in [-0.15, -0.1) is 0 Å². The number of ether oxygens (including phenoxy) is 1. The SMILES string of the molecule is Cc1ccc2ncnc(N3CCC[C@H]3C(=O)OC(C)(C)C)c2c1. The highest BCUT2D eigenvalue weighted by molar-refractivity contribution is 5.92. The molecule has 5 nitrogen and oxygen atoms in total. The van der Waals surface area contributed by atoms with Gasteiger partial charge < -0.3 is 9.64 Å². The van der Waals surface area contributed by atoms with E-state index in [9.17, 15) is 4.79 Å². The van der Waals surface area contributed by atoms with E-state index in [1.807, 2.05) is 39.8 Å². The van der Waals surface area contributed by atoms with E-state index in [4.69, 9.17) is 4.74 Å². The first-order chi connectivity index (χ1) is 10.8. The van der Waals surface area contributed by atoms with E-state index < -0.39 is 5.60 Å². The minimum Gasteiger partial charge on any atom is -0.458 e. The van der Waals surface area contributed by atoms with Gasteiger partial charge in [-0.3, -0.25) is 0 Å². The van der Waals surface area contributed by atoms with Crippen LogP contribution in [0.4, 0.5) is 5.82 Å². The smallest absolute Gasteiger partial charge is 0.329 e. The standard InChI is InChI=1S/C18H23N3O2/c1-12-7-8-14-13(10-12)16(20-11-19-14)21-9-5-6-15(21)17(22)23-18(2,3)4/h7-8,10-11,15H,5-6,9H2,1-4H3/t15-/m0/s1. The van der Waals surface area contributed by atoms with Gasteiger partial charge in [-0.2, -0.15) is 0 Å². The molecule has 0 bridgehead atoms. The summed E-state index contributed by atoms with van der Waals surface area (Å²) in [6, 6.07) is 5.84. The highest BCUT2D eigenvalue weighted by Crippen LogP contribution is 2.31. The molecule has 0 unspecified atom stereocenters. The van der Waals surface area contributed by atoms with Crippen LogP contribution in [0, 0.1) is 6.92 Å². The summed E-state index contributed by atoms with van der Waals surface area (Å²) in [5.41, 5.74) is 1.58. The van der Waals surface area contributed by atoms with E-state index in [1.54, 1.807) is 6.33 Å². The van der Waals surface area contributed by atoms with Crippen LogP contribution < -0.4 is 4.90 Å². The molecule has 1 fully saturated rings. The summed E-state index contributed by atoms with van der Waals surface area (Å²) in [7, 11) is 0. The fraction of sp³-hybridized carbons (Fsp3) is 0.500. The molecule has 1 aromatic carbocycles. The Balaban J connectivity index is 1.97. The number of hydrogen-bond donors (Lipinski definition) is 0. The fourth-order valence-electron chi connectivity index (χ4n) is 3.02. The van der Waals surface area contributed by atoms with Crippen LogP contribution in [-0.4, -0.2) is 34.1 Å². The van der Waals surface area contributed by atoms with E-state index >= 15 is 0 Å². The molecule has 5 heteroatoms. The predicted molar refractivity (Wildman–Crippen MR) is 90.5 cm³/mol. The van der Waals surface area contributed by atoms with Crippen molar-refractivity contribution in [2.24, 2.45) is 0 Å². The minimum absolute atomic E-state index is 0.172. The first-order valence-electron chi connectivity index (χ1n) is 8.06. The van der Waals surface area contributed by atoms with E-state index in [2.05, 4.69) is 20.9 Å². The number of nitrogens with zero attached hydrogens (tertiary/aromatic N) is 3. The molecule has 2 heterocycles. The third kappa shape index (κ3) is 3.28. The zero-order valence-corrected chi connectivity index (χ0v) is 14.2. The van der Waals surface area contributed by atoms with Crippen molar-refractivity contribution in [1.29, 1.82) is 0 Å². The fourth-order valence-corrected chi connectivity index (χ4v) is 3.02. The molecule has 1 atom stereocenters. The Morgan fingerprint density at radius 2 is 2.09 bits per heavy atom. The molecule has 0 amide bonds. The Bertz CT molecular complexity index is 737. The second kappa shape index (κ2) is 5.80. The molecule has 23 heavy (non-hydrogen) atoms. The van der Waals surface area contributed by atoms with Crippen LogP contribution in [0.1, 0.15) is 39.2 Å². The molecular formula is C18H23N3O2. The van der Waals surface area contributed by atoms with Gasteiger partial charge in [0.05, 0.1) is 5.52 Å². The second-order valence-corrected chi connectivity index (χ2v) is 7.10. The summed E-state index contributed by atoms with van der Waals surface area (Å²) in [4.78, 5) is 23.4. The average Bonchev–Trinajstić information content (AvgIpc) is 2.94. The number of esters is 1. The van der Waals surface area contributed by atoms with E-state index in [0.29, 0.717) is 0 Å². The summed E-state index contributed by atoms with van der Waals surface area (Å²) in [6.45, 7) is 8.55. The van der Waals surface area contributed by atoms with Gasteiger partial charge in [-0.25, -0.2) is 14.8 Å². The lowest BCUT2D eigenvalue weighted by molar-refractivity contribution is -0.156. The first-order valence-corrected chi connectivity index (χ1v) is 8.06. The van der Waals surface area contributed by atoms with Gasteiger partial charge in [0.15, 0.2) is 0 Å². The molecular weight excluding hydrogens is 290 g/mol. The van der Waals surface area contributed by atoms with Crippen LogP contribution in [0.25, 0.3) is 10.9 Å². The number of benzene rings is 1. The van der Waals surface area contributed by atoms with Crippen LogP contribution >= 0.6 is 0 Å². The van der Waals surface area contributed by atoms with Gasteiger partial charge in [0.1, 0.15) is 23.8 Å². The van der Waals surface area contributed by atoms with Gasteiger partial charge in [-0.05, 0) is 52.7 Å². The lowest BCUT2D eigenvalue weighted by Crippen LogP contribution is -2.41. The maximum Gasteiger partial charge on any atom is 0.329 e. The topological polar surface area (TPSA) is 55.3 Å². The van der Waals surface area contributed by atoms with Crippen LogP contribution in [0.3, 0.4) is 0 Å². The summed E-state index contributed by atoms with van der Waals surface area (Å²) in [6.07, 6.45) is 3.32. The van der Waals surface area contributed by atoms with Crippen molar-refractivity contribution in [2.75, 3.05) is 11.4 Å². The molecule has 1 saturated heterocycles.